The molecule has 4 saturated heterocycles. The van der Waals surface area contributed by atoms with Gasteiger partial charge in [-0.2, -0.15) is 0 Å². The number of carbonyl (C=O) groups is 1. The minimum Gasteiger partial charge on any atom is -0.489 e. The van der Waals surface area contributed by atoms with E-state index in [1.165, 1.54) is 73.6 Å². The van der Waals surface area contributed by atoms with Gasteiger partial charge in [0.1, 0.15) is 30.5 Å². The third-order valence-corrected chi connectivity index (χ3v) is 10.2. The maximum absolute atomic E-state index is 13.7. The zero-order valence-corrected chi connectivity index (χ0v) is 25.9. The van der Waals surface area contributed by atoms with Gasteiger partial charge in [0.15, 0.2) is 0 Å². The number of hydrogen-bond donors (Lipinski definition) is 1. The lowest BCUT2D eigenvalue weighted by Crippen LogP contribution is -2.66. The molecule has 3 atom stereocenters. The topological polar surface area (TPSA) is 53.0 Å². The molecule has 0 aliphatic carbocycles. The van der Waals surface area contributed by atoms with Crippen LogP contribution in [0.3, 0.4) is 0 Å². The molecule has 0 radical (unpaired) electrons. The van der Waals surface area contributed by atoms with Gasteiger partial charge in [0.05, 0.1) is 37.7 Å². The van der Waals surface area contributed by atoms with Crippen molar-refractivity contribution in [3.8, 4) is 5.75 Å². The van der Waals surface area contributed by atoms with Gasteiger partial charge in [0.2, 0.25) is 5.91 Å². The van der Waals surface area contributed by atoms with Crippen molar-refractivity contribution < 1.29 is 27.9 Å². The summed E-state index contributed by atoms with van der Waals surface area (Å²) < 4.78 is 34.4. The SMILES string of the molecule is O=C1[C@H](CC[C@H](O)c2ccc(F)cc2)[C@@H](c2ccc(OCc3ccc(C[N+]45CCN(CC4)CC5)cc3)cc2)N1c1ccc(F)cc1. The summed E-state index contributed by atoms with van der Waals surface area (Å²) >= 11 is 0. The zero-order chi connectivity index (χ0) is 31.7. The molecule has 0 aromatic heterocycles. The Kier molecular flexibility index (Phi) is 8.60. The van der Waals surface area contributed by atoms with Crippen molar-refractivity contribution in [1.82, 2.24) is 4.90 Å². The third-order valence-electron chi connectivity index (χ3n) is 10.2. The Morgan fingerprint density at radius 3 is 2.00 bits per heavy atom. The predicted octanol–water partition coefficient (Wildman–Crippen LogP) is 6.41. The maximum atomic E-state index is 13.7. The van der Waals surface area contributed by atoms with Crippen molar-refractivity contribution in [2.45, 2.75) is 38.1 Å². The Morgan fingerprint density at radius 1 is 0.783 bits per heavy atom. The first-order valence-electron chi connectivity index (χ1n) is 16.3. The molecular weight excluding hydrogens is 584 g/mol. The van der Waals surface area contributed by atoms with E-state index >= 15 is 0 Å². The van der Waals surface area contributed by atoms with Crippen molar-refractivity contribution in [2.24, 2.45) is 5.92 Å². The van der Waals surface area contributed by atoms with Crippen LogP contribution < -0.4 is 9.64 Å². The molecular formula is C38H40F2N3O3+. The molecule has 0 spiro atoms. The molecule has 4 aromatic carbocycles. The summed E-state index contributed by atoms with van der Waals surface area (Å²) in [6.45, 7) is 8.94. The van der Waals surface area contributed by atoms with Crippen LogP contribution in [0, 0.1) is 17.6 Å². The molecule has 6 nitrogen and oxygen atoms in total. The minimum atomic E-state index is -0.807. The van der Waals surface area contributed by atoms with E-state index in [2.05, 4.69) is 29.2 Å². The standard InChI is InChI=1S/C38H40F2N3O3/c39-31-9-5-29(6-10-31)36(44)18-17-35-37(42(38(35)45)33-13-11-32(40)12-14-33)30-7-15-34(16-8-30)46-26-28-3-1-27(2-4-28)25-43-22-19-41(20-23-43)21-24-43/h1-16,35-37,44H,17-26H2/q+1/t35-,36+,37-/m1/s1. The van der Waals surface area contributed by atoms with Crippen molar-refractivity contribution in [2.75, 3.05) is 44.2 Å². The lowest BCUT2D eigenvalue weighted by atomic mass is 9.78. The number of carbonyl (C=O) groups excluding carboxylic acids is 1. The van der Waals surface area contributed by atoms with E-state index in [9.17, 15) is 18.7 Å². The molecule has 46 heavy (non-hydrogen) atoms. The van der Waals surface area contributed by atoms with Crippen LogP contribution in [0.5, 0.6) is 5.75 Å². The van der Waals surface area contributed by atoms with Crippen LogP contribution in [-0.4, -0.2) is 59.7 Å². The summed E-state index contributed by atoms with van der Waals surface area (Å²) in [5.41, 5.74) is 4.67. The van der Waals surface area contributed by atoms with E-state index in [0.717, 1.165) is 23.4 Å². The molecule has 0 unspecified atom stereocenters. The van der Waals surface area contributed by atoms with Crippen LogP contribution in [0.15, 0.2) is 97.1 Å². The van der Waals surface area contributed by atoms with Crippen molar-refractivity contribution in [1.29, 1.82) is 0 Å². The fourth-order valence-corrected chi connectivity index (χ4v) is 7.31. The highest BCUT2D eigenvalue weighted by molar-refractivity contribution is 6.03. The summed E-state index contributed by atoms with van der Waals surface area (Å²) in [5, 5.41) is 10.7. The second-order valence-electron chi connectivity index (χ2n) is 13.1. The first-order chi connectivity index (χ1) is 22.4. The number of hydrogen-bond acceptors (Lipinski definition) is 4. The molecule has 8 rings (SSSR count). The Hall–Kier alpha value is -4.11. The molecule has 2 bridgehead atoms. The van der Waals surface area contributed by atoms with E-state index in [1.807, 2.05) is 24.3 Å². The third kappa shape index (κ3) is 6.43. The van der Waals surface area contributed by atoms with Crippen LogP contribution in [0.1, 0.15) is 47.2 Å². The number of ether oxygens (including phenoxy) is 1. The number of halogens is 2. The van der Waals surface area contributed by atoms with Gasteiger partial charge in [-0.25, -0.2) is 8.78 Å². The van der Waals surface area contributed by atoms with E-state index in [1.54, 1.807) is 29.2 Å². The summed E-state index contributed by atoms with van der Waals surface area (Å²) in [6.07, 6.45) is -0.00105. The monoisotopic (exact) mass is 624 g/mol. The summed E-state index contributed by atoms with van der Waals surface area (Å²) in [7, 11) is 0. The van der Waals surface area contributed by atoms with E-state index in [4.69, 9.17) is 4.74 Å². The molecule has 4 fully saturated rings. The number of β-lactam (4-membered cyclic amide) rings is 1. The van der Waals surface area contributed by atoms with Crippen molar-refractivity contribution >= 4 is 11.6 Å². The quantitative estimate of drug-likeness (QED) is 0.155. The number of amides is 1. The number of piperazine rings is 3. The summed E-state index contributed by atoms with van der Waals surface area (Å²) in [5.74, 6) is -0.417. The number of fused-ring (bicyclic) bond motifs is 3. The van der Waals surface area contributed by atoms with Gasteiger partial charge >= 0.3 is 0 Å². The van der Waals surface area contributed by atoms with Gasteiger partial charge in [0.25, 0.3) is 0 Å². The molecule has 8 heteroatoms. The lowest BCUT2D eigenvalue weighted by Gasteiger charge is -2.50. The number of quaternary nitrogens is 1. The normalized spacial score (nSPS) is 24.5. The molecule has 1 amide bonds. The van der Waals surface area contributed by atoms with E-state index in [0.29, 0.717) is 30.7 Å². The highest BCUT2D eigenvalue weighted by atomic mass is 19.1. The molecule has 4 aliphatic rings. The molecule has 1 N–H and O–H groups in total. The van der Waals surface area contributed by atoms with Crippen molar-refractivity contribution in [3.05, 3.63) is 131 Å². The number of aliphatic hydroxyl groups excluding tert-OH is 1. The average Bonchev–Trinajstić information content (AvgIpc) is 3.09. The zero-order valence-electron chi connectivity index (χ0n) is 25.9. The smallest absolute Gasteiger partial charge is 0.233 e. The second kappa shape index (κ2) is 12.9. The van der Waals surface area contributed by atoms with Crippen molar-refractivity contribution in [3.63, 3.8) is 0 Å². The van der Waals surface area contributed by atoms with Gasteiger partial charge < -0.3 is 19.2 Å². The van der Waals surface area contributed by atoms with Crippen LogP contribution >= 0.6 is 0 Å². The largest absolute Gasteiger partial charge is 0.489 e. The van der Waals surface area contributed by atoms with Gasteiger partial charge in [-0.15, -0.1) is 0 Å². The summed E-state index contributed by atoms with van der Waals surface area (Å²) in [4.78, 5) is 17.7. The number of anilines is 1. The Morgan fingerprint density at radius 2 is 1.37 bits per heavy atom. The highest BCUT2D eigenvalue weighted by Crippen LogP contribution is 2.46. The van der Waals surface area contributed by atoms with Gasteiger partial charge in [-0.1, -0.05) is 48.5 Å². The molecule has 0 saturated carbocycles. The summed E-state index contributed by atoms with van der Waals surface area (Å²) in [6, 6.07) is 28.0. The van der Waals surface area contributed by atoms with Gasteiger partial charge in [-0.05, 0) is 78.1 Å². The van der Waals surface area contributed by atoms with Crippen LogP contribution in [0.2, 0.25) is 0 Å². The van der Waals surface area contributed by atoms with Crippen LogP contribution in [0.4, 0.5) is 14.5 Å². The molecule has 4 aromatic rings. The number of nitrogens with zero attached hydrogens (tertiary/aromatic N) is 3. The van der Waals surface area contributed by atoms with E-state index < -0.39 is 6.10 Å². The van der Waals surface area contributed by atoms with Gasteiger partial charge in [-0.3, -0.25) is 9.69 Å². The molecule has 238 valence electrons. The number of benzene rings is 4. The van der Waals surface area contributed by atoms with E-state index in [-0.39, 0.29) is 29.5 Å². The highest BCUT2D eigenvalue weighted by Gasteiger charge is 2.48. The van der Waals surface area contributed by atoms with Crippen LogP contribution in [-0.2, 0) is 17.9 Å². The lowest BCUT2D eigenvalue weighted by molar-refractivity contribution is -0.953. The maximum Gasteiger partial charge on any atom is 0.233 e. The predicted molar refractivity (Wildman–Crippen MR) is 173 cm³/mol. The molecule has 4 aliphatic heterocycles. The van der Waals surface area contributed by atoms with Gasteiger partial charge in [0, 0.05) is 30.9 Å². The fraction of sp³-hybridized carbons (Fsp3) is 0.342. The number of rotatable bonds is 11. The Balaban J connectivity index is 1.00. The molecule has 4 heterocycles. The second-order valence-corrected chi connectivity index (χ2v) is 13.1. The Bertz CT molecular complexity index is 1620. The first-order valence-corrected chi connectivity index (χ1v) is 16.3. The first kappa shape index (κ1) is 30.5. The fourth-order valence-electron chi connectivity index (χ4n) is 7.31. The number of aliphatic hydroxyl groups is 1. The average molecular weight is 625 g/mol. The van der Waals surface area contributed by atoms with Crippen LogP contribution in [0.25, 0.3) is 0 Å². The minimum absolute atomic E-state index is 0.0703. The Labute approximate surface area is 269 Å².